The lowest BCUT2D eigenvalue weighted by Gasteiger charge is -2.14. The van der Waals surface area contributed by atoms with Crippen LogP contribution in [0.5, 0.6) is 11.5 Å². The first kappa shape index (κ1) is 26.1. The van der Waals surface area contributed by atoms with E-state index in [4.69, 9.17) is 21.7 Å². The molecule has 2 rings (SSSR count). The summed E-state index contributed by atoms with van der Waals surface area (Å²) in [5, 5.41) is 6.00. The van der Waals surface area contributed by atoms with Gasteiger partial charge in [0, 0.05) is 16.2 Å². The molecule has 2 aromatic rings. The van der Waals surface area contributed by atoms with E-state index in [2.05, 4.69) is 40.4 Å². The van der Waals surface area contributed by atoms with E-state index in [1.54, 1.807) is 12.1 Å². The monoisotopic (exact) mass is 520 g/mol. The fraction of sp³-hybridized carbons (Fsp3) is 0.440. The molecule has 0 heterocycles. The van der Waals surface area contributed by atoms with Crippen molar-refractivity contribution in [3.05, 3.63) is 52.5 Å². The fourth-order valence-corrected chi connectivity index (χ4v) is 3.60. The van der Waals surface area contributed by atoms with E-state index >= 15 is 0 Å². The molecule has 0 fully saturated rings. The van der Waals surface area contributed by atoms with Crippen molar-refractivity contribution in [2.24, 2.45) is 0 Å². The number of unbranched alkanes of at least 4 members (excludes halogenated alkanes) is 5. The molecular weight excluding hydrogens is 488 g/mol. The van der Waals surface area contributed by atoms with Crippen LogP contribution in [0.15, 0.2) is 46.9 Å². The summed E-state index contributed by atoms with van der Waals surface area (Å²) in [4.78, 5) is 12.8. The second kappa shape index (κ2) is 14.9. The summed E-state index contributed by atoms with van der Waals surface area (Å²) in [5.74, 6) is 0.990. The lowest BCUT2D eigenvalue weighted by molar-refractivity contribution is 0.0973. The van der Waals surface area contributed by atoms with Crippen LogP contribution < -0.4 is 20.1 Å². The van der Waals surface area contributed by atoms with E-state index < -0.39 is 0 Å². The molecule has 2 aromatic carbocycles. The van der Waals surface area contributed by atoms with Crippen LogP contribution in [0.25, 0.3) is 0 Å². The zero-order chi connectivity index (χ0) is 23.2. The van der Waals surface area contributed by atoms with Crippen molar-refractivity contribution in [1.29, 1.82) is 0 Å². The van der Waals surface area contributed by atoms with Crippen LogP contribution in [-0.2, 0) is 0 Å². The highest BCUT2D eigenvalue weighted by atomic mass is 79.9. The Morgan fingerprint density at radius 2 is 1.69 bits per heavy atom. The topological polar surface area (TPSA) is 59.6 Å². The van der Waals surface area contributed by atoms with Crippen molar-refractivity contribution in [2.45, 2.75) is 58.8 Å². The van der Waals surface area contributed by atoms with Crippen LogP contribution in [-0.4, -0.2) is 24.2 Å². The van der Waals surface area contributed by atoms with Crippen LogP contribution in [0, 0.1) is 0 Å². The minimum atomic E-state index is -0.324. The third kappa shape index (κ3) is 9.57. The SMILES string of the molecule is CCCCCCCOc1cccc(NC(=S)NC(=O)c2cc(Br)ccc2OCCCC)c1. The molecular formula is C25H33BrN2O3S. The Balaban J connectivity index is 1.89. The number of carbonyl (C=O) groups is 1. The number of hydrogen-bond acceptors (Lipinski definition) is 4. The molecule has 0 aliphatic rings. The van der Waals surface area contributed by atoms with Crippen LogP contribution >= 0.6 is 28.1 Å². The normalized spacial score (nSPS) is 10.5. The Labute approximate surface area is 205 Å². The largest absolute Gasteiger partial charge is 0.494 e. The lowest BCUT2D eigenvalue weighted by Crippen LogP contribution is -2.34. The van der Waals surface area contributed by atoms with Gasteiger partial charge in [-0.2, -0.15) is 0 Å². The van der Waals surface area contributed by atoms with Crippen LogP contribution in [0.3, 0.4) is 0 Å². The van der Waals surface area contributed by atoms with Crippen molar-refractivity contribution in [3.63, 3.8) is 0 Å². The highest BCUT2D eigenvalue weighted by Crippen LogP contribution is 2.24. The lowest BCUT2D eigenvalue weighted by atomic mass is 10.2. The van der Waals surface area contributed by atoms with Crippen molar-refractivity contribution < 1.29 is 14.3 Å². The van der Waals surface area contributed by atoms with Gasteiger partial charge in [-0.25, -0.2) is 0 Å². The maximum absolute atomic E-state index is 12.8. The summed E-state index contributed by atoms with van der Waals surface area (Å²) >= 11 is 8.76. The Morgan fingerprint density at radius 3 is 2.47 bits per heavy atom. The summed E-state index contributed by atoms with van der Waals surface area (Å²) in [7, 11) is 0. The maximum atomic E-state index is 12.8. The molecule has 174 valence electrons. The third-order valence-electron chi connectivity index (χ3n) is 4.78. The molecule has 0 spiro atoms. The Hall–Kier alpha value is -2.12. The molecule has 0 radical (unpaired) electrons. The molecule has 32 heavy (non-hydrogen) atoms. The maximum Gasteiger partial charge on any atom is 0.261 e. The van der Waals surface area contributed by atoms with Gasteiger partial charge in [0.15, 0.2) is 5.11 Å². The average Bonchev–Trinajstić information content (AvgIpc) is 2.77. The first-order chi connectivity index (χ1) is 15.5. The van der Waals surface area contributed by atoms with Gasteiger partial charge in [-0.1, -0.05) is 67.9 Å². The number of rotatable bonds is 13. The molecule has 0 saturated heterocycles. The fourth-order valence-electron chi connectivity index (χ4n) is 3.02. The van der Waals surface area contributed by atoms with Gasteiger partial charge in [0.25, 0.3) is 5.91 Å². The molecule has 1 amide bonds. The van der Waals surface area contributed by atoms with E-state index in [1.807, 2.05) is 30.3 Å². The number of halogens is 1. The van der Waals surface area contributed by atoms with E-state index in [9.17, 15) is 4.79 Å². The van der Waals surface area contributed by atoms with Crippen LogP contribution in [0.4, 0.5) is 5.69 Å². The number of ether oxygens (including phenoxy) is 2. The van der Waals surface area contributed by atoms with Crippen molar-refractivity contribution in [3.8, 4) is 11.5 Å². The molecule has 5 nitrogen and oxygen atoms in total. The molecule has 7 heteroatoms. The molecule has 0 aliphatic heterocycles. The average molecular weight is 522 g/mol. The van der Waals surface area contributed by atoms with Gasteiger partial charge in [-0.3, -0.25) is 10.1 Å². The first-order valence-corrected chi connectivity index (χ1v) is 12.5. The number of hydrogen-bond donors (Lipinski definition) is 2. The van der Waals surface area contributed by atoms with Crippen molar-refractivity contribution >= 4 is 44.9 Å². The number of nitrogens with one attached hydrogen (secondary N) is 2. The van der Waals surface area contributed by atoms with Crippen LogP contribution in [0.2, 0.25) is 0 Å². The minimum absolute atomic E-state index is 0.214. The predicted octanol–water partition coefficient (Wildman–Crippen LogP) is 7.10. The standard InChI is InChI=1S/C25H33BrN2O3S/c1-3-5-7-8-9-16-30-21-12-10-11-20(18-21)27-25(32)28-24(29)22-17-19(26)13-14-23(22)31-15-6-4-2/h10-14,17-18H,3-9,15-16H2,1-2H3,(H2,27,28,29,32). The molecule has 0 atom stereocenters. The Kier molecular flexibility index (Phi) is 12.1. The number of carbonyl (C=O) groups excluding carboxylic acids is 1. The summed E-state index contributed by atoms with van der Waals surface area (Å²) in [6.45, 7) is 5.56. The van der Waals surface area contributed by atoms with Gasteiger partial charge >= 0.3 is 0 Å². The number of benzene rings is 2. The second-order valence-corrected chi connectivity index (χ2v) is 8.87. The van der Waals surface area contributed by atoms with Gasteiger partial charge in [0.1, 0.15) is 11.5 Å². The zero-order valence-corrected chi connectivity index (χ0v) is 21.3. The van der Waals surface area contributed by atoms with Gasteiger partial charge in [0.05, 0.1) is 18.8 Å². The number of amides is 1. The molecule has 0 aliphatic carbocycles. The van der Waals surface area contributed by atoms with E-state index in [-0.39, 0.29) is 11.0 Å². The number of anilines is 1. The summed E-state index contributed by atoms with van der Waals surface area (Å²) in [5.41, 5.74) is 1.19. The zero-order valence-electron chi connectivity index (χ0n) is 18.9. The van der Waals surface area contributed by atoms with Gasteiger partial charge < -0.3 is 14.8 Å². The quantitative estimate of drug-likeness (QED) is 0.217. The van der Waals surface area contributed by atoms with E-state index in [0.717, 1.165) is 35.2 Å². The van der Waals surface area contributed by atoms with Crippen LogP contribution in [0.1, 0.15) is 69.2 Å². The van der Waals surface area contributed by atoms with Gasteiger partial charge in [-0.05, 0) is 55.4 Å². The number of thiocarbonyl (C=S) groups is 1. The molecule has 0 unspecified atom stereocenters. The smallest absolute Gasteiger partial charge is 0.261 e. The highest BCUT2D eigenvalue weighted by Gasteiger charge is 2.15. The van der Waals surface area contributed by atoms with Crippen molar-refractivity contribution in [2.75, 3.05) is 18.5 Å². The molecule has 2 N–H and O–H groups in total. The predicted molar refractivity (Wildman–Crippen MR) is 139 cm³/mol. The minimum Gasteiger partial charge on any atom is -0.494 e. The van der Waals surface area contributed by atoms with Gasteiger partial charge in [0.2, 0.25) is 0 Å². The summed E-state index contributed by atoms with van der Waals surface area (Å²) < 4.78 is 12.4. The second-order valence-electron chi connectivity index (χ2n) is 7.54. The van der Waals surface area contributed by atoms with E-state index in [1.165, 1.54) is 25.7 Å². The van der Waals surface area contributed by atoms with E-state index in [0.29, 0.717) is 24.5 Å². The Bertz CT molecular complexity index is 876. The molecule has 0 aromatic heterocycles. The van der Waals surface area contributed by atoms with Gasteiger partial charge in [-0.15, -0.1) is 0 Å². The van der Waals surface area contributed by atoms with Crippen molar-refractivity contribution in [1.82, 2.24) is 5.32 Å². The first-order valence-electron chi connectivity index (χ1n) is 11.3. The highest BCUT2D eigenvalue weighted by molar-refractivity contribution is 9.10. The Morgan fingerprint density at radius 1 is 0.938 bits per heavy atom. The summed E-state index contributed by atoms with van der Waals surface area (Å²) in [6.07, 6.45) is 7.93. The molecule has 0 bridgehead atoms. The summed E-state index contributed by atoms with van der Waals surface area (Å²) in [6, 6.07) is 12.9. The third-order valence-corrected chi connectivity index (χ3v) is 5.47. The molecule has 0 saturated carbocycles.